The highest BCUT2D eigenvalue weighted by Crippen LogP contribution is 2.26. The van der Waals surface area contributed by atoms with Gasteiger partial charge in [0.15, 0.2) is 0 Å². The lowest BCUT2D eigenvalue weighted by atomic mass is 9.86. The number of urea groups is 1. The first-order chi connectivity index (χ1) is 20.4. The highest BCUT2D eigenvalue weighted by atomic mass is 16.6. The fourth-order valence-corrected chi connectivity index (χ4v) is 4.96. The molecule has 0 aliphatic carbocycles. The third kappa shape index (κ3) is 10.3. The van der Waals surface area contributed by atoms with Crippen LogP contribution in [0.4, 0.5) is 4.79 Å². The topological polar surface area (TPSA) is 108 Å². The van der Waals surface area contributed by atoms with Gasteiger partial charge in [-0.2, -0.15) is 0 Å². The van der Waals surface area contributed by atoms with Gasteiger partial charge in [-0.15, -0.1) is 0 Å². The summed E-state index contributed by atoms with van der Waals surface area (Å²) >= 11 is 0. The summed E-state index contributed by atoms with van der Waals surface area (Å²) in [6.45, 7) is 11.6. The maximum Gasteiger partial charge on any atom is 0.329 e. The van der Waals surface area contributed by atoms with Crippen molar-refractivity contribution in [2.24, 2.45) is 11.8 Å². The highest BCUT2D eigenvalue weighted by molar-refractivity contribution is 5.85. The molecule has 0 aliphatic rings. The Labute approximate surface area is 255 Å². The lowest BCUT2D eigenvalue weighted by molar-refractivity contribution is -0.157. The minimum absolute atomic E-state index is 0.0410. The van der Waals surface area contributed by atoms with Crippen LogP contribution in [0.1, 0.15) is 58.6 Å². The number of nitrogens with zero attached hydrogens (tertiary/aromatic N) is 1. The molecule has 3 N–H and O–H groups in total. The molecule has 3 aromatic rings. The lowest BCUT2D eigenvalue weighted by Gasteiger charge is -2.32. The molecular weight excluding hydrogens is 542 g/mol. The molecule has 2 unspecified atom stereocenters. The third-order valence-corrected chi connectivity index (χ3v) is 7.16. The Morgan fingerprint density at radius 1 is 0.814 bits per heavy atom. The Morgan fingerprint density at radius 2 is 1.37 bits per heavy atom. The maximum absolute atomic E-state index is 13.8. The van der Waals surface area contributed by atoms with E-state index in [2.05, 4.69) is 5.32 Å². The van der Waals surface area contributed by atoms with E-state index in [9.17, 15) is 19.6 Å². The zero-order chi connectivity index (χ0) is 31.6. The maximum atomic E-state index is 13.8. The lowest BCUT2D eigenvalue weighted by Crippen LogP contribution is -2.53. The van der Waals surface area contributed by atoms with Gasteiger partial charge in [-0.25, -0.2) is 15.1 Å². The predicted octanol–water partition coefficient (Wildman–Crippen LogP) is 6.20. The quantitative estimate of drug-likeness (QED) is 0.133. The number of rotatable bonds is 12. The minimum atomic E-state index is -0.958. The molecule has 0 fully saturated rings. The first-order valence-corrected chi connectivity index (χ1v) is 14.8. The molecule has 0 bridgehead atoms. The molecule has 0 radical (unpaired) electrons. The van der Waals surface area contributed by atoms with E-state index in [4.69, 9.17) is 4.74 Å². The van der Waals surface area contributed by atoms with Crippen molar-refractivity contribution in [1.29, 1.82) is 0 Å². The van der Waals surface area contributed by atoms with Gasteiger partial charge in [-0.3, -0.25) is 10.0 Å². The van der Waals surface area contributed by atoms with Crippen molar-refractivity contribution in [1.82, 2.24) is 15.7 Å². The number of amides is 3. The predicted molar refractivity (Wildman–Crippen MR) is 168 cm³/mol. The number of esters is 1. The molecule has 8 nitrogen and oxygen atoms in total. The number of carbonyl (C=O) groups is 3. The van der Waals surface area contributed by atoms with Crippen LogP contribution in [0.5, 0.6) is 0 Å². The van der Waals surface area contributed by atoms with Crippen molar-refractivity contribution in [3.05, 3.63) is 96.1 Å². The minimum Gasteiger partial charge on any atom is -0.458 e. The number of benzene rings is 3. The number of hydrogen-bond acceptors (Lipinski definition) is 5. The Balaban J connectivity index is 1.85. The molecule has 0 saturated heterocycles. The van der Waals surface area contributed by atoms with E-state index < -0.39 is 35.5 Å². The van der Waals surface area contributed by atoms with E-state index in [1.54, 1.807) is 31.2 Å². The molecule has 43 heavy (non-hydrogen) atoms. The van der Waals surface area contributed by atoms with Crippen LogP contribution in [0.3, 0.4) is 0 Å². The van der Waals surface area contributed by atoms with Crippen molar-refractivity contribution >= 4 is 17.9 Å². The second kappa shape index (κ2) is 15.3. The van der Waals surface area contributed by atoms with Crippen LogP contribution in [0, 0.1) is 11.8 Å². The van der Waals surface area contributed by atoms with E-state index >= 15 is 0 Å². The highest BCUT2D eigenvalue weighted by Gasteiger charge is 2.33. The van der Waals surface area contributed by atoms with Gasteiger partial charge >= 0.3 is 12.0 Å². The van der Waals surface area contributed by atoms with Crippen molar-refractivity contribution in [2.75, 3.05) is 13.1 Å². The molecule has 230 valence electrons. The number of hydrogen-bond donors (Lipinski definition) is 3. The SMILES string of the molecule is CC(C)CN(CC(C(=O)NO)C(C)c1ccccc1)C(=O)N[C@@H](Cc1ccc(-c2ccccc2)cc1)C(=O)OC(C)(C)C. The summed E-state index contributed by atoms with van der Waals surface area (Å²) in [7, 11) is 0. The second-order valence-corrected chi connectivity index (χ2v) is 12.4. The Kier molecular flexibility index (Phi) is 11.9. The van der Waals surface area contributed by atoms with E-state index in [1.807, 2.05) is 106 Å². The van der Waals surface area contributed by atoms with Gasteiger partial charge in [0, 0.05) is 19.5 Å². The van der Waals surface area contributed by atoms with Crippen molar-refractivity contribution in [3.8, 4) is 11.1 Å². The second-order valence-electron chi connectivity index (χ2n) is 12.4. The third-order valence-electron chi connectivity index (χ3n) is 7.16. The molecule has 8 heteroatoms. The first kappa shape index (κ1) is 33.3. The van der Waals surface area contributed by atoms with Crippen LogP contribution in [-0.4, -0.2) is 52.7 Å². The summed E-state index contributed by atoms with van der Waals surface area (Å²) < 4.78 is 5.69. The van der Waals surface area contributed by atoms with Gasteiger partial charge in [-0.05, 0) is 54.9 Å². The van der Waals surface area contributed by atoms with Crippen LogP contribution in [0.15, 0.2) is 84.9 Å². The van der Waals surface area contributed by atoms with Gasteiger partial charge in [0.2, 0.25) is 5.91 Å². The van der Waals surface area contributed by atoms with Gasteiger partial charge in [0.25, 0.3) is 0 Å². The zero-order valence-corrected chi connectivity index (χ0v) is 26.0. The fourth-order valence-electron chi connectivity index (χ4n) is 4.96. The molecule has 3 aromatic carbocycles. The molecule has 0 heterocycles. The molecular formula is C35H45N3O5. The Hall–Kier alpha value is -4.17. The van der Waals surface area contributed by atoms with Crippen LogP contribution in [0.2, 0.25) is 0 Å². The van der Waals surface area contributed by atoms with Crippen molar-refractivity contribution in [2.45, 2.75) is 65.5 Å². The van der Waals surface area contributed by atoms with E-state index in [0.717, 1.165) is 22.3 Å². The first-order valence-electron chi connectivity index (χ1n) is 14.8. The van der Waals surface area contributed by atoms with E-state index in [-0.39, 0.29) is 24.8 Å². The summed E-state index contributed by atoms with van der Waals surface area (Å²) in [6.07, 6.45) is 0.228. The smallest absolute Gasteiger partial charge is 0.329 e. The van der Waals surface area contributed by atoms with Gasteiger partial charge in [0.1, 0.15) is 11.6 Å². The number of carbonyl (C=O) groups excluding carboxylic acids is 3. The van der Waals surface area contributed by atoms with Crippen molar-refractivity contribution in [3.63, 3.8) is 0 Å². The molecule has 0 aliphatic heterocycles. The summed E-state index contributed by atoms with van der Waals surface area (Å²) in [5, 5.41) is 12.4. The Morgan fingerprint density at radius 3 is 1.91 bits per heavy atom. The van der Waals surface area contributed by atoms with Crippen molar-refractivity contribution < 1.29 is 24.3 Å². The van der Waals surface area contributed by atoms with Crippen LogP contribution in [0.25, 0.3) is 11.1 Å². The standard InChI is InChI=1S/C35H45N3O5/c1-24(2)22-38(23-30(32(39)37-42)25(3)27-13-9-7-10-14-27)34(41)36-31(33(40)43-35(4,5)6)21-26-17-19-29(20-18-26)28-15-11-8-12-16-28/h7-20,24-25,30-31,42H,21-23H2,1-6H3,(H,36,41)(H,37,39)/t25?,30?,31-/m0/s1. The monoisotopic (exact) mass is 587 g/mol. The van der Waals surface area contributed by atoms with Crippen LogP contribution in [-0.2, 0) is 20.7 Å². The van der Waals surface area contributed by atoms with Crippen LogP contribution >= 0.6 is 0 Å². The molecule has 0 saturated carbocycles. The van der Waals surface area contributed by atoms with Crippen LogP contribution < -0.4 is 10.8 Å². The normalized spacial score (nSPS) is 13.5. The summed E-state index contributed by atoms with van der Waals surface area (Å²) in [5.41, 5.74) is 4.93. The number of hydroxylamine groups is 1. The van der Waals surface area contributed by atoms with E-state index in [0.29, 0.717) is 6.54 Å². The summed E-state index contributed by atoms with van der Waals surface area (Å²) in [5.74, 6) is -2.07. The van der Waals surface area contributed by atoms with Gasteiger partial charge in [0.05, 0.1) is 5.92 Å². The largest absolute Gasteiger partial charge is 0.458 e. The van der Waals surface area contributed by atoms with Gasteiger partial charge < -0.3 is 15.0 Å². The number of nitrogens with one attached hydrogen (secondary N) is 2. The molecule has 3 rings (SSSR count). The Bertz CT molecular complexity index is 1320. The summed E-state index contributed by atoms with van der Waals surface area (Å²) in [6, 6.07) is 25.9. The average molecular weight is 588 g/mol. The van der Waals surface area contributed by atoms with Gasteiger partial charge in [-0.1, -0.05) is 106 Å². The summed E-state index contributed by atoms with van der Waals surface area (Å²) in [4.78, 5) is 41.5. The average Bonchev–Trinajstić information content (AvgIpc) is 2.98. The zero-order valence-electron chi connectivity index (χ0n) is 26.0. The fraction of sp³-hybridized carbons (Fsp3) is 0.400. The molecule has 0 aromatic heterocycles. The molecule has 3 atom stereocenters. The van der Waals surface area contributed by atoms with E-state index in [1.165, 1.54) is 0 Å². The molecule has 3 amide bonds. The molecule has 0 spiro atoms. The number of ether oxygens (including phenoxy) is 1.